The Kier molecular flexibility index (Phi) is 3.73. The second kappa shape index (κ2) is 6.19. The van der Waals surface area contributed by atoms with Gasteiger partial charge in [0.05, 0.1) is 31.3 Å². The van der Waals surface area contributed by atoms with Crippen LogP contribution in [0.5, 0.6) is 0 Å². The molecule has 24 heavy (non-hydrogen) atoms. The zero-order chi connectivity index (χ0) is 16.4. The van der Waals surface area contributed by atoms with Gasteiger partial charge in [-0.1, -0.05) is 5.21 Å². The molecule has 0 saturated heterocycles. The van der Waals surface area contributed by atoms with Crippen molar-refractivity contribution in [3.05, 3.63) is 54.4 Å². The van der Waals surface area contributed by atoms with Gasteiger partial charge in [0, 0.05) is 37.9 Å². The summed E-state index contributed by atoms with van der Waals surface area (Å²) in [6.07, 6.45) is 10.8. The van der Waals surface area contributed by atoms with Crippen LogP contribution in [0.1, 0.15) is 28.3 Å². The van der Waals surface area contributed by atoms with Gasteiger partial charge in [-0.15, -0.1) is 5.10 Å². The van der Waals surface area contributed by atoms with Crippen molar-refractivity contribution in [3.8, 4) is 0 Å². The maximum atomic E-state index is 12.7. The Hall–Kier alpha value is -3.10. The van der Waals surface area contributed by atoms with Crippen LogP contribution in [0.2, 0.25) is 0 Å². The number of rotatable bonds is 3. The minimum absolute atomic E-state index is 0.119. The lowest BCUT2D eigenvalue weighted by atomic mass is 10.2. The number of imidazole rings is 1. The average Bonchev–Trinajstić information content (AvgIpc) is 3.20. The normalized spacial score (nSPS) is 14.2. The summed E-state index contributed by atoms with van der Waals surface area (Å²) in [4.78, 5) is 26.6. The first kappa shape index (κ1) is 14.5. The van der Waals surface area contributed by atoms with Crippen LogP contribution in [0.4, 0.5) is 0 Å². The fraction of sp³-hybridized carbons (Fsp3) is 0.333. The van der Waals surface area contributed by atoms with Gasteiger partial charge in [-0.25, -0.2) is 14.6 Å². The summed E-state index contributed by atoms with van der Waals surface area (Å²) >= 11 is 0. The SMILES string of the molecule is O=C(c1cnccn1)N1CCCn2nnc(Cn3ccnc3)c2C1. The van der Waals surface area contributed by atoms with Crippen LogP contribution in [0, 0.1) is 0 Å². The molecule has 0 fully saturated rings. The highest BCUT2D eigenvalue weighted by Crippen LogP contribution is 2.17. The summed E-state index contributed by atoms with van der Waals surface area (Å²) in [5.41, 5.74) is 2.17. The van der Waals surface area contributed by atoms with E-state index in [1.165, 1.54) is 12.4 Å². The van der Waals surface area contributed by atoms with Crippen molar-refractivity contribution in [1.82, 2.24) is 39.4 Å². The molecule has 0 aromatic carbocycles. The molecule has 0 saturated carbocycles. The molecule has 0 spiro atoms. The van der Waals surface area contributed by atoms with Gasteiger partial charge in [0.1, 0.15) is 11.4 Å². The van der Waals surface area contributed by atoms with Gasteiger partial charge in [0.15, 0.2) is 0 Å². The lowest BCUT2D eigenvalue weighted by Gasteiger charge is -2.19. The number of carbonyl (C=O) groups excluding carboxylic acids is 1. The second-order valence-electron chi connectivity index (χ2n) is 5.61. The van der Waals surface area contributed by atoms with E-state index in [0.29, 0.717) is 25.3 Å². The summed E-state index contributed by atoms with van der Waals surface area (Å²) in [6.45, 7) is 2.45. The van der Waals surface area contributed by atoms with Crippen molar-refractivity contribution in [1.29, 1.82) is 0 Å². The zero-order valence-corrected chi connectivity index (χ0v) is 13.0. The lowest BCUT2D eigenvalue weighted by Crippen LogP contribution is -2.31. The Labute approximate surface area is 138 Å². The highest BCUT2D eigenvalue weighted by Gasteiger charge is 2.24. The van der Waals surface area contributed by atoms with E-state index in [2.05, 4.69) is 25.3 Å². The quantitative estimate of drug-likeness (QED) is 0.690. The molecular formula is C15H16N8O. The Morgan fingerprint density at radius 2 is 2.12 bits per heavy atom. The van der Waals surface area contributed by atoms with Crippen LogP contribution in [0.15, 0.2) is 37.3 Å². The smallest absolute Gasteiger partial charge is 0.274 e. The van der Waals surface area contributed by atoms with Crippen LogP contribution in [0.25, 0.3) is 0 Å². The number of carbonyl (C=O) groups is 1. The summed E-state index contributed by atoms with van der Waals surface area (Å²) in [5, 5.41) is 8.51. The largest absolute Gasteiger partial charge is 0.331 e. The van der Waals surface area contributed by atoms with E-state index in [4.69, 9.17) is 0 Å². The minimum atomic E-state index is -0.119. The van der Waals surface area contributed by atoms with Crippen LogP contribution >= 0.6 is 0 Å². The van der Waals surface area contributed by atoms with Crippen molar-refractivity contribution in [2.75, 3.05) is 6.54 Å². The molecule has 9 heteroatoms. The van der Waals surface area contributed by atoms with E-state index < -0.39 is 0 Å². The number of amides is 1. The first-order valence-corrected chi connectivity index (χ1v) is 7.73. The molecule has 0 unspecified atom stereocenters. The van der Waals surface area contributed by atoms with Crippen molar-refractivity contribution >= 4 is 5.91 Å². The van der Waals surface area contributed by atoms with Crippen molar-refractivity contribution in [2.45, 2.75) is 26.1 Å². The van der Waals surface area contributed by atoms with Gasteiger partial charge in [-0.2, -0.15) is 0 Å². The third kappa shape index (κ3) is 2.75. The number of hydrogen-bond acceptors (Lipinski definition) is 6. The van der Waals surface area contributed by atoms with Crippen molar-refractivity contribution in [2.24, 2.45) is 0 Å². The summed E-state index contributed by atoms with van der Waals surface area (Å²) in [6, 6.07) is 0. The molecule has 0 aliphatic carbocycles. The van der Waals surface area contributed by atoms with Crippen LogP contribution in [0.3, 0.4) is 0 Å². The van der Waals surface area contributed by atoms with Crippen LogP contribution in [-0.2, 0) is 19.6 Å². The number of nitrogens with zero attached hydrogens (tertiary/aromatic N) is 8. The molecule has 3 aromatic rings. The Morgan fingerprint density at radius 3 is 2.92 bits per heavy atom. The molecule has 1 aliphatic rings. The lowest BCUT2D eigenvalue weighted by molar-refractivity contribution is 0.0739. The average molecular weight is 324 g/mol. The predicted octanol–water partition coefficient (Wildman–Crippen LogP) is 0.359. The topological polar surface area (TPSA) is 94.6 Å². The molecule has 3 aromatic heterocycles. The molecule has 9 nitrogen and oxygen atoms in total. The van der Waals surface area contributed by atoms with E-state index in [9.17, 15) is 4.79 Å². The molecule has 1 amide bonds. The van der Waals surface area contributed by atoms with Gasteiger partial charge in [0.2, 0.25) is 0 Å². The molecular weight excluding hydrogens is 308 g/mol. The maximum absolute atomic E-state index is 12.7. The number of fused-ring (bicyclic) bond motifs is 1. The standard InChI is InChI=1S/C15H16N8O/c24-15(12-8-16-2-3-18-12)22-5-1-6-23-14(10-22)13(19-20-23)9-21-7-4-17-11-21/h2-4,7-8,11H,1,5-6,9-10H2. The number of aromatic nitrogens is 7. The highest BCUT2D eigenvalue weighted by molar-refractivity contribution is 5.91. The fourth-order valence-electron chi connectivity index (χ4n) is 2.81. The van der Waals surface area contributed by atoms with Crippen molar-refractivity contribution in [3.63, 3.8) is 0 Å². The van der Waals surface area contributed by atoms with E-state index in [0.717, 1.165) is 24.4 Å². The maximum Gasteiger partial charge on any atom is 0.274 e. The summed E-state index contributed by atoms with van der Waals surface area (Å²) < 4.78 is 3.82. The number of hydrogen-bond donors (Lipinski definition) is 0. The Balaban J connectivity index is 1.59. The Morgan fingerprint density at radius 1 is 1.17 bits per heavy atom. The third-order valence-electron chi connectivity index (χ3n) is 4.02. The first-order chi connectivity index (χ1) is 11.8. The van der Waals surface area contributed by atoms with E-state index >= 15 is 0 Å². The van der Waals surface area contributed by atoms with E-state index in [-0.39, 0.29) is 5.91 Å². The molecule has 0 atom stereocenters. The van der Waals surface area contributed by atoms with E-state index in [1.54, 1.807) is 23.6 Å². The highest BCUT2D eigenvalue weighted by atomic mass is 16.2. The molecule has 0 N–H and O–H groups in total. The monoisotopic (exact) mass is 324 g/mol. The van der Waals surface area contributed by atoms with Gasteiger partial charge >= 0.3 is 0 Å². The molecule has 1 aliphatic heterocycles. The van der Waals surface area contributed by atoms with Gasteiger partial charge < -0.3 is 9.47 Å². The predicted molar refractivity (Wildman–Crippen MR) is 82.7 cm³/mol. The molecule has 4 heterocycles. The van der Waals surface area contributed by atoms with Gasteiger partial charge in [0.25, 0.3) is 5.91 Å². The van der Waals surface area contributed by atoms with Crippen molar-refractivity contribution < 1.29 is 4.79 Å². The fourth-order valence-corrected chi connectivity index (χ4v) is 2.81. The second-order valence-corrected chi connectivity index (χ2v) is 5.61. The van der Waals surface area contributed by atoms with Gasteiger partial charge in [-0.3, -0.25) is 9.78 Å². The molecule has 122 valence electrons. The van der Waals surface area contributed by atoms with Crippen LogP contribution < -0.4 is 0 Å². The molecule has 0 radical (unpaired) electrons. The first-order valence-electron chi connectivity index (χ1n) is 7.73. The summed E-state index contributed by atoms with van der Waals surface area (Å²) in [7, 11) is 0. The Bertz CT molecular complexity index is 827. The van der Waals surface area contributed by atoms with Gasteiger partial charge in [-0.05, 0) is 6.42 Å². The minimum Gasteiger partial charge on any atom is -0.331 e. The third-order valence-corrected chi connectivity index (χ3v) is 4.02. The molecule has 4 rings (SSSR count). The molecule has 0 bridgehead atoms. The van der Waals surface area contributed by atoms with Crippen LogP contribution in [-0.4, -0.2) is 51.9 Å². The van der Waals surface area contributed by atoms with E-state index in [1.807, 2.05) is 15.4 Å². The summed E-state index contributed by atoms with van der Waals surface area (Å²) in [5.74, 6) is -0.119. The number of aryl methyl sites for hydroxylation is 1. The zero-order valence-electron chi connectivity index (χ0n) is 13.0.